The number of aryl methyl sites for hydroxylation is 1. The molecular weight excluding hydrogens is 214 g/mol. The lowest BCUT2D eigenvalue weighted by atomic mass is 9.85. The van der Waals surface area contributed by atoms with E-state index in [1.54, 1.807) is 0 Å². The molecule has 0 saturated heterocycles. The Balaban J connectivity index is 1.62. The first-order valence-electron chi connectivity index (χ1n) is 6.23. The van der Waals surface area contributed by atoms with Crippen molar-refractivity contribution in [3.63, 3.8) is 0 Å². The van der Waals surface area contributed by atoms with E-state index in [0.29, 0.717) is 13.2 Å². The van der Waals surface area contributed by atoms with Crippen LogP contribution in [0, 0.1) is 12.8 Å². The number of benzene rings is 1. The maximum Gasteiger partial charge on any atom is 0.223 e. The minimum absolute atomic E-state index is 0.184. The van der Waals surface area contributed by atoms with Gasteiger partial charge in [-0.3, -0.25) is 4.79 Å². The van der Waals surface area contributed by atoms with Gasteiger partial charge in [0.15, 0.2) is 0 Å². The lowest BCUT2D eigenvalue weighted by Crippen LogP contribution is -2.36. The third-order valence-electron chi connectivity index (χ3n) is 3.17. The van der Waals surface area contributed by atoms with E-state index in [1.807, 2.05) is 31.2 Å². The van der Waals surface area contributed by atoms with Crippen LogP contribution in [0.25, 0.3) is 0 Å². The summed E-state index contributed by atoms with van der Waals surface area (Å²) >= 11 is 0. The van der Waals surface area contributed by atoms with Gasteiger partial charge in [-0.15, -0.1) is 0 Å². The van der Waals surface area contributed by atoms with Crippen molar-refractivity contribution in [3.05, 3.63) is 29.8 Å². The molecule has 1 aliphatic rings. The smallest absolute Gasteiger partial charge is 0.223 e. The van der Waals surface area contributed by atoms with Gasteiger partial charge in [-0.2, -0.15) is 0 Å². The summed E-state index contributed by atoms with van der Waals surface area (Å²) in [6.45, 7) is 3.16. The molecule has 1 N–H and O–H groups in total. The summed E-state index contributed by atoms with van der Waals surface area (Å²) in [5, 5.41) is 2.90. The molecule has 3 nitrogen and oxygen atoms in total. The first-order chi connectivity index (χ1) is 8.25. The Morgan fingerprint density at radius 1 is 1.35 bits per heavy atom. The van der Waals surface area contributed by atoms with E-state index in [4.69, 9.17) is 4.74 Å². The molecular formula is C14H19NO2. The highest BCUT2D eigenvalue weighted by molar-refractivity contribution is 5.79. The van der Waals surface area contributed by atoms with Gasteiger partial charge in [-0.1, -0.05) is 24.1 Å². The highest BCUT2D eigenvalue weighted by Crippen LogP contribution is 2.25. The summed E-state index contributed by atoms with van der Waals surface area (Å²) in [6, 6.07) is 7.93. The molecule has 17 heavy (non-hydrogen) atoms. The molecule has 1 aromatic carbocycles. The number of carbonyl (C=O) groups is 1. The van der Waals surface area contributed by atoms with Crippen LogP contribution in [0.2, 0.25) is 0 Å². The fourth-order valence-electron chi connectivity index (χ4n) is 1.79. The molecule has 0 spiro atoms. The van der Waals surface area contributed by atoms with Crippen molar-refractivity contribution in [3.8, 4) is 5.75 Å². The normalized spacial score (nSPS) is 15.1. The summed E-state index contributed by atoms with van der Waals surface area (Å²) in [4.78, 5) is 11.5. The zero-order valence-electron chi connectivity index (χ0n) is 10.2. The Labute approximate surface area is 102 Å². The minimum atomic E-state index is 0.184. The monoisotopic (exact) mass is 233 g/mol. The Hall–Kier alpha value is -1.51. The summed E-state index contributed by atoms with van der Waals surface area (Å²) in [6.07, 6.45) is 3.28. The zero-order valence-corrected chi connectivity index (χ0v) is 10.2. The third kappa shape index (κ3) is 3.48. The molecule has 3 heteroatoms. The molecule has 0 bridgehead atoms. The fraction of sp³-hybridized carbons (Fsp3) is 0.500. The van der Waals surface area contributed by atoms with E-state index in [-0.39, 0.29) is 11.8 Å². The lowest BCUT2D eigenvalue weighted by Gasteiger charge is -2.23. The summed E-state index contributed by atoms with van der Waals surface area (Å²) in [5.41, 5.74) is 1.22. The van der Waals surface area contributed by atoms with E-state index in [1.165, 1.54) is 12.0 Å². The largest absolute Gasteiger partial charge is 0.492 e. The van der Waals surface area contributed by atoms with Crippen molar-refractivity contribution in [1.82, 2.24) is 5.32 Å². The van der Waals surface area contributed by atoms with Crippen molar-refractivity contribution in [1.29, 1.82) is 0 Å². The van der Waals surface area contributed by atoms with Crippen LogP contribution in [0.15, 0.2) is 24.3 Å². The van der Waals surface area contributed by atoms with Crippen LogP contribution >= 0.6 is 0 Å². The average Bonchev–Trinajstić information content (AvgIpc) is 2.24. The van der Waals surface area contributed by atoms with Crippen molar-refractivity contribution in [2.75, 3.05) is 13.2 Å². The molecule has 0 unspecified atom stereocenters. The van der Waals surface area contributed by atoms with E-state index in [2.05, 4.69) is 5.32 Å². The summed E-state index contributed by atoms with van der Waals surface area (Å²) in [5.74, 6) is 1.30. The van der Waals surface area contributed by atoms with E-state index in [0.717, 1.165) is 18.6 Å². The molecule has 0 heterocycles. The van der Waals surface area contributed by atoms with Crippen LogP contribution in [0.3, 0.4) is 0 Å². The van der Waals surface area contributed by atoms with Crippen LogP contribution in [0.1, 0.15) is 24.8 Å². The maximum atomic E-state index is 11.5. The van der Waals surface area contributed by atoms with Crippen LogP contribution in [0.4, 0.5) is 0 Å². The van der Waals surface area contributed by atoms with Crippen molar-refractivity contribution in [2.24, 2.45) is 5.92 Å². The van der Waals surface area contributed by atoms with Gasteiger partial charge >= 0.3 is 0 Å². The number of rotatable bonds is 5. The minimum Gasteiger partial charge on any atom is -0.492 e. The van der Waals surface area contributed by atoms with Crippen molar-refractivity contribution < 1.29 is 9.53 Å². The van der Waals surface area contributed by atoms with Crippen LogP contribution < -0.4 is 10.1 Å². The van der Waals surface area contributed by atoms with Crippen molar-refractivity contribution >= 4 is 5.91 Å². The number of ether oxygens (including phenoxy) is 1. The van der Waals surface area contributed by atoms with Gasteiger partial charge in [0.25, 0.3) is 0 Å². The molecule has 1 aliphatic carbocycles. The number of amides is 1. The van der Waals surface area contributed by atoms with Gasteiger partial charge in [0.2, 0.25) is 5.91 Å². The summed E-state index contributed by atoms with van der Waals surface area (Å²) in [7, 11) is 0. The highest BCUT2D eigenvalue weighted by atomic mass is 16.5. The molecule has 1 saturated carbocycles. The molecule has 92 valence electrons. The van der Waals surface area contributed by atoms with Gasteiger partial charge in [-0.25, -0.2) is 0 Å². The SMILES string of the molecule is Cc1ccc(OCCNC(=O)C2CCC2)cc1. The van der Waals surface area contributed by atoms with Crippen molar-refractivity contribution in [2.45, 2.75) is 26.2 Å². The highest BCUT2D eigenvalue weighted by Gasteiger charge is 2.24. The number of hydrogen-bond acceptors (Lipinski definition) is 2. The second kappa shape index (κ2) is 5.71. The Bertz CT molecular complexity index is 368. The second-order valence-electron chi connectivity index (χ2n) is 4.58. The third-order valence-corrected chi connectivity index (χ3v) is 3.17. The summed E-state index contributed by atoms with van der Waals surface area (Å²) < 4.78 is 5.53. The quantitative estimate of drug-likeness (QED) is 0.792. The van der Waals surface area contributed by atoms with E-state index < -0.39 is 0 Å². The van der Waals surface area contributed by atoms with E-state index >= 15 is 0 Å². The maximum absolute atomic E-state index is 11.5. The molecule has 1 aromatic rings. The van der Waals surface area contributed by atoms with Gasteiger partial charge in [0.1, 0.15) is 12.4 Å². The number of carbonyl (C=O) groups excluding carboxylic acids is 1. The molecule has 0 radical (unpaired) electrons. The van der Waals surface area contributed by atoms with Crippen LogP contribution in [0.5, 0.6) is 5.75 Å². The van der Waals surface area contributed by atoms with Gasteiger partial charge < -0.3 is 10.1 Å². The fourth-order valence-corrected chi connectivity index (χ4v) is 1.79. The Morgan fingerprint density at radius 3 is 2.65 bits per heavy atom. The predicted octanol–water partition coefficient (Wildman–Crippen LogP) is 2.29. The molecule has 0 aromatic heterocycles. The number of hydrogen-bond donors (Lipinski definition) is 1. The van der Waals surface area contributed by atoms with Gasteiger partial charge in [-0.05, 0) is 31.9 Å². The van der Waals surface area contributed by atoms with Crippen LogP contribution in [-0.2, 0) is 4.79 Å². The lowest BCUT2D eigenvalue weighted by molar-refractivity contribution is -0.127. The van der Waals surface area contributed by atoms with Gasteiger partial charge in [0, 0.05) is 5.92 Å². The zero-order chi connectivity index (χ0) is 12.1. The predicted molar refractivity (Wildman–Crippen MR) is 67.0 cm³/mol. The molecule has 1 amide bonds. The van der Waals surface area contributed by atoms with Gasteiger partial charge in [0.05, 0.1) is 6.54 Å². The molecule has 0 atom stereocenters. The van der Waals surface area contributed by atoms with Crippen LogP contribution in [-0.4, -0.2) is 19.1 Å². The molecule has 2 rings (SSSR count). The van der Waals surface area contributed by atoms with E-state index in [9.17, 15) is 4.79 Å². The first-order valence-corrected chi connectivity index (χ1v) is 6.23. The Morgan fingerprint density at radius 2 is 2.06 bits per heavy atom. The Kier molecular flexibility index (Phi) is 4.02. The number of nitrogens with one attached hydrogen (secondary N) is 1. The molecule has 0 aliphatic heterocycles. The average molecular weight is 233 g/mol. The topological polar surface area (TPSA) is 38.3 Å². The second-order valence-corrected chi connectivity index (χ2v) is 4.58. The standard InChI is InChI=1S/C14H19NO2/c1-11-5-7-13(8-6-11)17-10-9-15-14(16)12-3-2-4-12/h5-8,12H,2-4,9-10H2,1H3,(H,15,16). The molecule has 1 fully saturated rings. The first kappa shape index (κ1) is 12.0.